The largest absolute Gasteiger partial charge is 0.284 e. The molecule has 1 aliphatic carbocycles. The second kappa shape index (κ2) is 4.97. The van der Waals surface area contributed by atoms with Crippen molar-refractivity contribution in [1.29, 1.82) is 0 Å². The number of carbonyl (C=O) groups excluding carboxylic acids is 1. The van der Waals surface area contributed by atoms with Crippen LogP contribution in [0.5, 0.6) is 0 Å². The van der Waals surface area contributed by atoms with Crippen LogP contribution >= 0.6 is 11.3 Å². The van der Waals surface area contributed by atoms with Crippen LogP contribution in [0.4, 0.5) is 0 Å². The fraction of sp³-hybridized carbons (Fsp3) is 0.583. The second-order valence-electron chi connectivity index (χ2n) is 4.31. The van der Waals surface area contributed by atoms with Gasteiger partial charge in [0.15, 0.2) is 0 Å². The van der Waals surface area contributed by atoms with E-state index in [1.165, 1.54) is 29.1 Å². The number of hydroxylamine groups is 1. The Hall–Kier alpha value is -0.870. The van der Waals surface area contributed by atoms with E-state index in [4.69, 9.17) is 4.84 Å². The quantitative estimate of drug-likeness (QED) is 0.823. The van der Waals surface area contributed by atoms with Crippen molar-refractivity contribution in [2.45, 2.75) is 45.6 Å². The molecule has 88 valence electrons. The first-order valence-corrected chi connectivity index (χ1v) is 6.51. The highest BCUT2D eigenvalue weighted by Gasteiger charge is 2.18. The molecule has 0 aliphatic heterocycles. The summed E-state index contributed by atoms with van der Waals surface area (Å²) in [5.41, 5.74) is 3.72. The zero-order valence-corrected chi connectivity index (χ0v) is 10.5. The number of carbonyl (C=O) groups is 1. The SMILES string of the molecule is Cc1cc(C(=O)NOC2CCCC2)sc1C. The van der Waals surface area contributed by atoms with Gasteiger partial charge < -0.3 is 0 Å². The molecule has 0 radical (unpaired) electrons. The van der Waals surface area contributed by atoms with Crippen LogP contribution in [0.15, 0.2) is 6.07 Å². The molecule has 1 heterocycles. The highest BCUT2D eigenvalue weighted by atomic mass is 32.1. The predicted molar refractivity (Wildman–Crippen MR) is 64.6 cm³/mol. The average molecular weight is 239 g/mol. The molecular formula is C12H17NO2S. The molecule has 0 aromatic carbocycles. The summed E-state index contributed by atoms with van der Waals surface area (Å²) in [6.45, 7) is 4.04. The zero-order chi connectivity index (χ0) is 11.5. The maximum absolute atomic E-state index is 11.7. The highest BCUT2D eigenvalue weighted by Crippen LogP contribution is 2.22. The van der Waals surface area contributed by atoms with Crippen molar-refractivity contribution in [2.75, 3.05) is 0 Å². The fourth-order valence-electron chi connectivity index (χ4n) is 1.88. The number of thiophene rings is 1. The second-order valence-corrected chi connectivity index (χ2v) is 5.56. The van der Waals surface area contributed by atoms with Crippen molar-refractivity contribution in [3.05, 3.63) is 21.4 Å². The molecule has 1 amide bonds. The van der Waals surface area contributed by atoms with E-state index in [9.17, 15) is 4.79 Å². The van der Waals surface area contributed by atoms with Gasteiger partial charge in [-0.25, -0.2) is 5.48 Å². The van der Waals surface area contributed by atoms with Gasteiger partial charge in [0, 0.05) is 4.88 Å². The molecule has 1 aliphatic rings. The summed E-state index contributed by atoms with van der Waals surface area (Å²) in [7, 11) is 0. The minimum Gasteiger partial charge on any atom is -0.270 e. The van der Waals surface area contributed by atoms with Crippen molar-refractivity contribution in [1.82, 2.24) is 5.48 Å². The number of amides is 1. The van der Waals surface area contributed by atoms with Crippen molar-refractivity contribution in [3.63, 3.8) is 0 Å². The number of hydrogen-bond donors (Lipinski definition) is 1. The summed E-state index contributed by atoms with van der Waals surface area (Å²) in [5.74, 6) is -0.118. The first-order chi connectivity index (χ1) is 7.66. The van der Waals surface area contributed by atoms with Crippen LogP contribution in [0, 0.1) is 13.8 Å². The van der Waals surface area contributed by atoms with Gasteiger partial charge in [0.1, 0.15) is 0 Å². The summed E-state index contributed by atoms with van der Waals surface area (Å²) in [6.07, 6.45) is 4.74. The normalized spacial score (nSPS) is 16.6. The van der Waals surface area contributed by atoms with E-state index in [0.29, 0.717) is 0 Å². The van der Waals surface area contributed by atoms with Gasteiger partial charge in [-0.05, 0) is 38.3 Å². The van der Waals surface area contributed by atoms with Crippen LogP contribution in [-0.4, -0.2) is 12.0 Å². The summed E-state index contributed by atoms with van der Waals surface area (Å²) < 4.78 is 0. The molecule has 16 heavy (non-hydrogen) atoms. The van der Waals surface area contributed by atoms with Crippen LogP contribution in [0.1, 0.15) is 45.8 Å². The summed E-state index contributed by atoms with van der Waals surface area (Å²) in [5, 5.41) is 0. The van der Waals surface area contributed by atoms with Crippen molar-refractivity contribution in [2.24, 2.45) is 0 Å². The molecule has 0 unspecified atom stereocenters. The Morgan fingerprint density at radius 1 is 1.44 bits per heavy atom. The molecule has 1 saturated carbocycles. The Morgan fingerprint density at radius 2 is 2.12 bits per heavy atom. The van der Waals surface area contributed by atoms with Gasteiger partial charge in [0.2, 0.25) is 0 Å². The molecule has 0 bridgehead atoms. The Kier molecular flexibility index (Phi) is 3.61. The molecule has 0 saturated heterocycles. The lowest BCUT2D eigenvalue weighted by Crippen LogP contribution is -2.27. The standard InChI is InChI=1S/C12H17NO2S/c1-8-7-11(16-9(8)2)12(14)13-15-10-5-3-4-6-10/h7,10H,3-6H2,1-2H3,(H,13,14). The number of aryl methyl sites for hydroxylation is 2. The van der Waals surface area contributed by atoms with Gasteiger partial charge in [-0.1, -0.05) is 12.8 Å². The van der Waals surface area contributed by atoms with E-state index in [0.717, 1.165) is 23.3 Å². The van der Waals surface area contributed by atoms with Gasteiger partial charge in [0.05, 0.1) is 11.0 Å². The van der Waals surface area contributed by atoms with Crippen LogP contribution in [0.25, 0.3) is 0 Å². The third-order valence-corrected chi connectivity index (χ3v) is 4.16. The highest BCUT2D eigenvalue weighted by molar-refractivity contribution is 7.14. The fourth-order valence-corrected chi connectivity index (χ4v) is 2.80. The molecule has 4 heteroatoms. The van der Waals surface area contributed by atoms with Crippen LogP contribution in [-0.2, 0) is 4.84 Å². The van der Waals surface area contributed by atoms with E-state index < -0.39 is 0 Å². The van der Waals surface area contributed by atoms with E-state index in [1.807, 2.05) is 19.9 Å². The smallest absolute Gasteiger partial charge is 0.270 e. The average Bonchev–Trinajstić information content (AvgIpc) is 2.86. The van der Waals surface area contributed by atoms with E-state index in [1.54, 1.807) is 0 Å². The monoisotopic (exact) mass is 239 g/mol. The molecular weight excluding hydrogens is 222 g/mol. The van der Waals surface area contributed by atoms with E-state index in [-0.39, 0.29) is 12.0 Å². The summed E-state index contributed by atoms with van der Waals surface area (Å²) in [6, 6.07) is 1.91. The van der Waals surface area contributed by atoms with Crippen molar-refractivity contribution in [3.8, 4) is 0 Å². The molecule has 0 atom stereocenters. The topological polar surface area (TPSA) is 38.3 Å². The van der Waals surface area contributed by atoms with Crippen LogP contribution in [0.2, 0.25) is 0 Å². The van der Waals surface area contributed by atoms with Gasteiger partial charge >= 0.3 is 0 Å². The Bertz CT molecular complexity index is 361. The molecule has 1 aromatic rings. The lowest BCUT2D eigenvalue weighted by atomic mass is 10.3. The zero-order valence-electron chi connectivity index (χ0n) is 9.71. The minimum absolute atomic E-state index is 0.118. The van der Waals surface area contributed by atoms with Gasteiger partial charge in [0.25, 0.3) is 5.91 Å². The van der Waals surface area contributed by atoms with Crippen LogP contribution in [0.3, 0.4) is 0 Å². The van der Waals surface area contributed by atoms with Gasteiger partial charge in [-0.15, -0.1) is 11.3 Å². The van der Waals surface area contributed by atoms with Crippen molar-refractivity contribution >= 4 is 17.2 Å². The summed E-state index contributed by atoms with van der Waals surface area (Å²) >= 11 is 1.51. The first kappa shape index (κ1) is 11.6. The Balaban J connectivity index is 1.87. The molecule has 0 spiro atoms. The molecule has 1 aromatic heterocycles. The first-order valence-electron chi connectivity index (χ1n) is 5.70. The number of rotatable bonds is 3. The Labute approximate surface area is 99.8 Å². The predicted octanol–water partition coefficient (Wildman–Crippen LogP) is 2.97. The van der Waals surface area contributed by atoms with Gasteiger partial charge in [-0.2, -0.15) is 0 Å². The van der Waals surface area contributed by atoms with Gasteiger partial charge in [-0.3, -0.25) is 9.63 Å². The lowest BCUT2D eigenvalue weighted by Gasteiger charge is -2.10. The molecule has 1 fully saturated rings. The van der Waals surface area contributed by atoms with Crippen molar-refractivity contribution < 1.29 is 9.63 Å². The number of hydrogen-bond acceptors (Lipinski definition) is 3. The molecule has 2 rings (SSSR count). The molecule has 1 N–H and O–H groups in total. The minimum atomic E-state index is -0.118. The number of nitrogens with one attached hydrogen (secondary N) is 1. The maximum Gasteiger partial charge on any atom is 0.284 e. The lowest BCUT2D eigenvalue weighted by molar-refractivity contribution is -0.0122. The molecule has 3 nitrogen and oxygen atoms in total. The maximum atomic E-state index is 11.7. The third-order valence-electron chi connectivity index (χ3n) is 3.01. The summed E-state index contributed by atoms with van der Waals surface area (Å²) in [4.78, 5) is 19.0. The third kappa shape index (κ3) is 2.62. The van der Waals surface area contributed by atoms with Crippen LogP contribution < -0.4 is 5.48 Å². The Morgan fingerprint density at radius 3 is 2.69 bits per heavy atom. The van der Waals surface area contributed by atoms with E-state index >= 15 is 0 Å². The van der Waals surface area contributed by atoms with E-state index in [2.05, 4.69) is 5.48 Å².